The molecule has 24 heavy (non-hydrogen) atoms. The van der Waals surface area contributed by atoms with Crippen LogP contribution in [0.25, 0.3) is 0 Å². The number of nitrogens with one attached hydrogen (secondary N) is 1. The van der Waals surface area contributed by atoms with Crippen LogP contribution in [-0.4, -0.2) is 16.1 Å². The molecule has 4 atom stereocenters. The lowest BCUT2D eigenvalue weighted by atomic mass is 9.71. The van der Waals surface area contributed by atoms with Gasteiger partial charge in [0.05, 0.1) is 16.2 Å². The average molecular weight is 347 g/mol. The second kappa shape index (κ2) is 5.81. The third kappa shape index (κ3) is 2.30. The summed E-state index contributed by atoms with van der Waals surface area (Å²) in [5, 5.41) is 25.4. The smallest absolute Gasteiger partial charge is 0.293 e. The Kier molecular flexibility index (Phi) is 3.76. The number of aromatic hydroxyl groups is 1. The Balaban J connectivity index is 1.84. The molecule has 1 aromatic rings. The minimum atomic E-state index is -0.435. The number of fused-ring (bicyclic) bond motifs is 3. The largest absolute Gasteiger partial charge is 0.506 e. The van der Waals surface area contributed by atoms with Crippen LogP contribution < -0.4 is 5.32 Å². The van der Waals surface area contributed by atoms with Crippen molar-refractivity contribution in [2.45, 2.75) is 37.6 Å². The standard InChI is InChI=1S/C18H19ClN2O3/c19-13-9-14(22)17-15(18(13)21(23)24)11-7-4-8-12(11)16(20-17)10-5-2-1-3-6-10/h1-2,4,7,9-12,16,20,22H,3,5-6,8H2/t10-,11+,12-,16+/m0/s1. The Labute approximate surface area is 145 Å². The van der Waals surface area contributed by atoms with Gasteiger partial charge in [0.1, 0.15) is 10.8 Å². The SMILES string of the molecule is O=[N+]([O-])c1c(Cl)cc(O)c2c1[C@@H]1C=CC[C@@H]1[C@@H]([C@H]1CC=CCC1)N2. The number of rotatable bonds is 2. The number of nitro benzene ring substituents is 1. The third-order valence-electron chi connectivity index (χ3n) is 5.59. The summed E-state index contributed by atoms with van der Waals surface area (Å²) in [5.74, 6) is 0.674. The fraction of sp³-hybridized carbons (Fsp3) is 0.444. The first-order valence-corrected chi connectivity index (χ1v) is 8.73. The van der Waals surface area contributed by atoms with Crippen LogP contribution in [0.3, 0.4) is 0 Å². The Morgan fingerprint density at radius 3 is 2.83 bits per heavy atom. The van der Waals surface area contributed by atoms with Gasteiger partial charge in [0.25, 0.3) is 5.69 Å². The fourth-order valence-electron chi connectivity index (χ4n) is 4.54. The van der Waals surface area contributed by atoms with Gasteiger partial charge >= 0.3 is 0 Å². The monoisotopic (exact) mass is 346 g/mol. The van der Waals surface area contributed by atoms with Gasteiger partial charge < -0.3 is 10.4 Å². The highest BCUT2D eigenvalue weighted by Crippen LogP contribution is 2.54. The Morgan fingerprint density at radius 1 is 1.29 bits per heavy atom. The molecule has 1 aromatic carbocycles. The van der Waals surface area contributed by atoms with Crippen LogP contribution in [0.4, 0.5) is 11.4 Å². The number of halogens is 1. The fourth-order valence-corrected chi connectivity index (χ4v) is 4.82. The summed E-state index contributed by atoms with van der Waals surface area (Å²) >= 11 is 6.07. The number of phenolic OH excluding ortho intramolecular Hbond substituents is 1. The molecule has 0 bridgehead atoms. The van der Waals surface area contributed by atoms with Gasteiger partial charge in [0.15, 0.2) is 0 Å². The number of phenols is 1. The second-order valence-corrected chi connectivity index (χ2v) is 7.25. The normalized spacial score (nSPS) is 30.5. The molecule has 6 heteroatoms. The number of benzene rings is 1. The Hall–Kier alpha value is -2.01. The first kappa shape index (κ1) is 15.5. The summed E-state index contributed by atoms with van der Waals surface area (Å²) in [6.45, 7) is 0. The molecule has 4 rings (SSSR count). The molecule has 3 aliphatic rings. The maximum absolute atomic E-state index is 11.6. The maximum Gasteiger partial charge on any atom is 0.293 e. The summed E-state index contributed by atoms with van der Waals surface area (Å²) in [6.07, 6.45) is 12.6. The van der Waals surface area contributed by atoms with Gasteiger partial charge in [-0.1, -0.05) is 35.9 Å². The maximum atomic E-state index is 11.6. The number of allylic oxidation sites excluding steroid dienone is 4. The summed E-state index contributed by atoms with van der Waals surface area (Å²) in [7, 11) is 0. The van der Waals surface area contributed by atoms with E-state index in [9.17, 15) is 15.2 Å². The van der Waals surface area contributed by atoms with Crippen molar-refractivity contribution in [1.29, 1.82) is 0 Å². The molecular formula is C18H19ClN2O3. The van der Waals surface area contributed by atoms with Crippen molar-refractivity contribution in [3.05, 3.63) is 51.1 Å². The minimum absolute atomic E-state index is 0.00357. The van der Waals surface area contributed by atoms with Gasteiger partial charge in [-0.3, -0.25) is 10.1 Å². The summed E-state index contributed by atoms with van der Waals surface area (Å²) in [5.41, 5.74) is 0.935. The molecule has 2 N–H and O–H groups in total. The molecule has 1 heterocycles. The Morgan fingerprint density at radius 2 is 2.12 bits per heavy atom. The zero-order valence-corrected chi connectivity index (χ0v) is 13.9. The molecule has 0 saturated carbocycles. The molecule has 1 aliphatic heterocycles. The molecule has 5 nitrogen and oxygen atoms in total. The van der Waals surface area contributed by atoms with Crippen LogP contribution in [-0.2, 0) is 0 Å². The molecule has 0 amide bonds. The zero-order chi connectivity index (χ0) is 16.8. The van der Waals surface area contributed by atoms with Crippen LogP contribution in [0.2, 0.25) is 5.02 Å². The van der Waals surface area contributed by atoms with E-state index in [-0.39, 0.29) is 34.3 Å². The minimum Gasteiger partial charge on any atom is -0.506 e. The molecule has 0 unspecified atom stereocenters. The van der Waals surface area contributed by atoms with Crippen molar-refractivity contribution in [3.8, 4) is 5.75 Å². The van der Waals surface area contributed by atoms with Gasteiger partial charge in [-0.05, 0) is 37.5 Å². The predicted molar refractivity (Wildman–Crippen MR) is 93.7 cm³/mol. The highest BCUT2D eigenvalue weighted by molar-refractivity contribution is 6.33. The van der Waals surface area contributed by atoms with Crippen LogP contribution in [0, 0.1) is 22.0 Å². The number of hydrogen-bond donors (Lipinski definition) is 2. The lowest BCUT2D eigenvalue weighted by Crippen LogP contribution is -2.42. The van der Waals surface area contributed by atoms with Crippen molar-refractivity contribution < 1.29 is 10.0 Å². The molecule has 0 aromatic heterocycles. The summed E-state index contributed by atoms with van der Waals surface area (Å²) < 4.78 is 0. The van der Waals surface area contributed by atoms with E-state index >= 15 is 0 Å². The number of hydrogen-bond acceptors (Lipinski definition) is 4. The highest BCUT2D eigenvalue weighted by Gasteiger charge is 2.45. The number of nitrogens with zero attached hydrogens (tertiary/aromatic N) is 1. The predicted octanol–water partition coefficient (Wildman–Crippen LogP) is 4.76. The van der Waals surface area contributed by atoms with E-state index in [1.807, 2.05) is 6.08 Å². The molecule has 2 aliphatic carbocycles. The van der Waals surface area contributed by atoms with E-state index in [0.29, 0.717) is 17.2 Å². The lowest BCUT2D eigenvalue weighted by molar-refractivity contribution is -0.385. The topological polar surface area (TPSA) is 75.4 Å². The second-order valence-electron chi connectivity index (χ2n) is 6.84. The van der Waals surface area contributed by atoms with E-state index in [0.717, 1.165) is 25.7 Å². The van der Waals surface area contributed by atoms with Crippen molar-refractivity contribution in [1.82, 2.24) is 0 Å². The van der Waals surface area contributed by atoms with Crippen LogP contribution >= 0.6 is 11.6 Å². The first-order chi connectivity index (χ1) is 11.6. The average Bonchev–Trinajstić information content (AvgIpc) is 3.04. The van der Waals surface area contributed by atoms with E-state index in [4.69, 9.17) is 11.6 Å². The quantitative estimate of drug-likeness (QED) is 0.350. The molecule has 126 valence electrons. The van der Waals surface area contributed by atoms with Crippen LogP contribution in [0.5, 0.6) is 5.75 Å². The summed E-state index contributed by atoms with van der Waals surface area (Å²) in [4.78, 5) is 11.1. The zero-order valence-electron chi connectivity index (χ0n) is 13.1. The molecule has 0 fully saturated rings. The van der Waals surface area contributed by atoms with Crippen LogP contribution in [0.15, 0.2) is 30.4 Å². The lowest BCUT2D eigenvalue weighted by Gasteiger charge is -2.41. The molecule has 0 saturated heterocycles. The molecule has 0 spiro atoms. The van der Waals surface area contributed by atoms with Crippen molar-refractivity contribution >= 4 is 23.0 Å². The van der Waals surface area contributed by atoms with Gasteiger partial charge in [0, 0.05) is 18.0 Å². The van der Waals surface area contributed by atoms with Crippen molar-refractivity contribution in [2.24, 2.45) is 11.8 Å². The van der Waals surface area contributed by atoms with Gasteiger partial charge in [0.2, 0.25) is 0 Å². The van der Waals surface area contributed by atoms with Crippen molar-refractivity contribution in [3.63, 3.8) is 0 Å². The molecule has 0 radical (unpaired) electrons. The van der Waals surface area contributed by atoms with E-state index < -0.39 is 4.92 Å². The van der Waals surface area contributed by atoms with Crippen LogP contribution in [0.1, 0.15) is 37.2 Å². The first-order valence-electron chi connectivity index (χ1n) is 8.36. The highest BCUT2D eigenvalue weighted by atomic mass is 35.5. The number of nitro groups is 1. The van der Waals surface area contributed by atoms with E-state index in [1.165, 1.54) is 6.07 Å². The van der Waals surface area contributed by atoms with Gasteiger partial charge in [-0.15, -0.1) is 0 Å². The van der Waals surface area contributed by atoms with E-state index in [2.05, 4.69) is 23.5 Å². The molecular weight excluding hydrogens is 328 g/mol. The van der Waals surface area contributed by atoms with E-state index in [1.54, 1.807) is 0 Å². The van der Waals surface area contributed by atoms with Crippen molar-refractivity contribution in [2.75, 3.05) is 5.32 Å². The van der Waals surface area contributed by atoms with Gasteiger partial charge in [-0.25, -0.2) is 0 Å². The number of anilines is 1. The Bertz CT molecular complexity index is 759. The third-order valence-corrected chi connectivity index (χ3v) is 5.88. The summed E-state index contributed by atoms with van der Waals surface area (Å²) in [6, 6.07) is 1.48. The van der Waals surface area contributed by atoms with Gasteiger partial charge in [-0.2, -0.15) is 0 Å².